The number of aliphatic carboxylic acids is 1. The second-order valence-electron chi connectivity index (χ2n) is 3.96. The van der Waals surface area contributed by atoms with E-state index in [1.165, 1.54) is 11.8 Å². The highest BCUT2D eigenvalue weighted by atomic mass is 32.2. The Morgan fingerprint density at radius 2 is 2.33 bits per heavy atom. The topological polar surface area (TPSA) is 66.8 Å². The van der Waals surface area contributed by atoms with Gasteiger partial charge >= 0.3 is 5.97 Å². The number of carbonyl (C=O) groups excluding carboxylic acids is 1. The first-order chi connectivity index (χ1) is 8.65. The molecular weight excluding hydrogens is 274 g/mol. The van der Waals surface area contributed by atoms with Crippen molar-refractivity contribution in [1.29, 1.82) is 0 Å². The number of ether oxygens (including phenoxy) is 1. The lowest BCUT2D eigenvalue weighted by atomic mass is 10.2. The van der Waals surface area contributed by atoms with Gasteiger partial charge in [-0.3, -0.25) is 9.59 Å². The molecular formula is C11H19NO4S2. The molecule has 5 nitrogen and oxygen atoms in total. The molecule has 1 saturated heterocycles. The molecule has 1 amide bonds. The fourth-order valence-corrected chi connectivity index (χ4v) is 3.57. The second-order valence-corrected chi connectivity index (χ2v) is 6.21. The molecule has 1 rings (SSSR count). The molecule has 0 spiro atoms. The lowest BCUT2D eigenvalue weighted by Crippen LogP contribution is -2.47. The molecule has 0 aromatic rings. The van der Waals surface area contributed by atoms with Gasteiger partial charge in [0, 0.05) is 30.9 Å². The van der Waals surface area contributed by atoms with Gasteiger partial charge in [0.2, 0.25) is 5.91 Å². The molecule has 1 N–H and O–H groups in total. The van der Waals surface area contributed by atoms with E-state index in [2.05, 4.69) is 0 Å². The summed E-state index contributed by atoms with van der Waals surface area (Å²) in [4.78, 5) is 24.5. The van der Waals surface area contributed by atoms with Crippen LogP contribution in [0.25, 0.3) is 0 Å². The number of thioether (sulfide) groups is 2. The van der Waals surface area contributed by atoms with Crippen molar-refractivity contribution in [2.24, 2.45) is 0 Å². The lowest BCUT2D eigenvalue weighted by Gasteiger charge is -2.34. The third-order valence-electron chi connectivity index (χ3n) is 2.62. The zero-order chi connectivity index (χ0) is 13.4. The van der Waals surface area contributed by atoms with Crippen molar-refractivity contribution < 1.29 is 19.4 Å². The molecule has 1 heterocycles. The van der Waals surface area contributed by atoms with Crippen molar-refractivity contribution in [2.75, 3.05) is 43.3 Å². The Balaban J connectivity index is 2.39. The predicted molar refractivity (Wildman–Crippen MR) is 74.3 cm³/mol. The van der Waals surface area contributed by atoms with E-state index in [4.69, 9.17) is 9.84 Å². The number of hydrogen-bond acceptors (Lipinski definition) is 5. The van der Waals surface area contributed by atoms with Crippen molar-refractivity contribution >= 4 is 35.4 Å². The first-order valence-corrected chi connectivity index (χ1v) is 8.11. The van der Waals surface area contributed by atoms with E-state index in [9.17, 15) is 9.59 Å². The number of carboxylic acid groups (broad SMARTS) is 1. The summed E-state index contributed by atoms with van der Waals surface area (Å²) in [5.41, 5.74) is 0. The Labute approximate surface area is 116 Å². The highest BCUT2D eigenvalue weighted by Crippen LogP contribution is 2.20. The van der Waals surface area contributed by atoms with E-state index >= 15 is 0 Å². The zero-order valence-corrected chi connectivity index (χ0v) is 12.1. The number of carbonyl (C=O) groups is 2. The van der Waals surface area contributed by atoms with Crippen LogP contribution in [0.3, 0.4) is 0 Å². The number of methoxy groups -OCH3 is 1. The fraction of sp³-hybridized carbons (Fsp3) is 0.818. The third kappa shape index (κ3) is 5.49. The molecule has 1 atom stereocenters. The molecule has 0 saturated carbocycles. The van der Waals surface area contributed by atoms with Crippen LogP contribution in [-0.2, 0) is 14.3 Å². The maximum absolute atomic E-state index is 12.0. The van der Waals surface area contributed by atoms with Crippen LogP contribution in [0.15, 0.2) is 0 Å². The average Bonchev–Trinajstić information content (AvgIpc) is 2.34. The summed E-state index contributed by atoms with van der Waals surface area (Å²) in [6.07, 6.45) is 0.0431. The van der Waals surface area contributed by atoms with E-state index in [1.54, 1.807) is 23.8 Å². The van der Waals surface area contributed by atoms with Crippen molar-refractivity contribution in [3.8, 4) is 0 Å². The molecule has 7 heteroatoms. The van der Waals surface area contributed by atoms with Gasteiger partial charge in [0.25, 0.3) is 0 Å². The summed E-state index contributed by atoms with van der Waals surface area (Å²) in [6, 6.07) is -0.156. The van der Waals surface area contributed by atoms with Crippen LogP contribution >= 0.6 is 23.5 Å². The Bertz CT molecular complexity index is 288. The van der Waals surface area contributed by atoms with Gasteiger partial charge in [-0.15, -0.1) is 11.8 Å². The van der Waals surface area contributed by atoms with Gasteiger partial charge in [0.05, 0.1) is 24.8 Å². The maximum atomic E-state index is 12.0. The summed E-state index contributed by atoms with van der Waals surface area (Å²) < 4.78 is 4.92. The van der Waals surface area contributed by atoms with E-state index in [1.807, 2.05) is 0 Å². The Kier molecular flexibility index (Phi) is 7.53. The summed E-state index contributed by atoms with van der Waals surface area (Å²) in [6.45, 7) is 1.29. The maximum Gasteiger partial charge on any atom is 0.305 e. The van der Waals surface area contributed by atoms with E-state index in [0.29, 0.717) is 18.9 Å². The molecule has 0 aliphatic carbocycles. The highest BCUT2D eigenvalue weighted by Gasteiger charge is 2.28. The normalized spacial score (nSPS) is 19.8. The molecule has 1 fully saturated rings. The van der Waals surface area contributed by atoms with Crippen molar-refractivity contribution in [1.82, 2.24) is 4.90 Å². The fourth-order valence-electron chi connectivity index (χ4n) is 1.74. The predicted octanol–water partition coefficient (Wildman–Crippen LogP) is 0.785. The van der Waals surface area contributed by atoms with E-state index in [0.717, 1.165) is 17.3 Å². The van der Waals surface area contributed by atoms with Gasteiger partial charge in [-0.1, -0.05) is 0 Å². The van der Waals surface area contributed by atoms with Crippen LogP contribution in [0.5, 0.6) is 0 Å². The lowest BCUT2D eigenvalue weighted by molar-refractivity contribution is -0.139. The minimum atomic E-state index is -0.840. The number of rotatable bonds is 7. The number of amides is 1. The summed E-state index contributed by atoms with van der Waals surface area (Å²) in [5.74, 6) is 2.01. The van der Waals surface area contributed by atoms with E-state index in [-0.39, 0.29) is 18.4 Å². The standard InChI is InChI=1S/C11H19NO4S2/c1-16-3-5-18-8-10(13)12-2-4-17-7-9(12)6-11(14)15/h9H,2-8H2,1H3,(H,14,15). The SMILES string of the molecule is COCCSCC(=O)N1CCSCC1CC(=O)O. The van der Waals surface area contributed by atoms with Gasteiger partial charge < -0.3 is 14.7 Å². The quantitative estimate of drug-likeness (QED) is 0.700. The average molecular weight is 293 g/mol. The van der Waals surface area contributed by atoms with Crippen LogP contribution in [0.2, 0.25) is 0 Å². The van der Waals surface area contributed by atoms with Gasteiger partial charge in [0.1, 0.15) is 0 Å². The zero-order valence-electron chi connectivity index (χ0n) is 10.5. The number of hydrogen-bond donors (Lipinski definition) is 1. The minimum Gasteiger partial charge on any atom is -0.481 e. The second kappa shape index (κ2) is 8.66. The summed E-state index contributed by atoms with van der Waals surface area (Å²) in [5, 5.41) is 8.84. The minimum absolute atomic E-state index is 0.0431. The number of carboxylic acids is 1. The van der Waals surface area contributed by atoms with Crippen LogP contribution < -0.4 is 0 Å². The smallest absolute Gasteiger partial charge is 0.305 e. The van der Waals surface area contributed by atoms with E-state index < -0.39 is 5.97 Å². The van der Waals surface area contributed by atoms with Crippen LogP contribution in [0, 0.1) is 0 Å². The highest BCUT2D eigenvalue weighted by molar-refractivity contribution is 8.00. The van der Waals surface area contributed by atoms with Crippen molar-refractivity contribution in [2.45, 2.75) is 12.5 Å². The summed E-state index contributed by atoms with van der Waals surface area (Å²) in [7, 11) is 1.63. The number of nitrogens with zero attached hydrogens (tertiary/aromatic N) is 1. The van der Waals surface area contributed by atoms with Crippen molar-refractivity contribution in [3.63, 3.8) is 0 Å². The largest absolute Gasteiger partial charge is 0.481 e. The Hall–Kier alpha value is -0.400. The molecule has 104 valence electrons. The first kappa shape index (κ1) is 15.7. The third-order valence-corrected chi connectivity index (χ3v) is 4.61. The van der Waals surface area contributed by atoms with Gasteiger partial charge in [-0.25, -0.2) is 0 Å². The Morgan fingerprint density at radius 1 is 1.56 bits per heavy atom. The van der Waals surface area contributed by atoms with Gasteiger partial charge in [-0.05, 0) is 0 Å². The molecule has 0 radical (unpaired) electrons. The van der Waals surface area contributed by atoms with Gasteiger partial charge in [-0.2, -0.15) is 11.8 Å². The van der Waals surface area contributed by atoms with Crippen molar-refractivity contribution in [3.05, 3.63) is 0 Å². The molecule has 0 bridgehead atoms. The van der Waals surface area contributed by atoms with Crippen LogP contribution in [0.4, 0.5) is 0 Å². The molecule has 18 heavy (non-hydrogen) atoms. The van der Waals surface area contributed by atoms with Crippen LogP contribution in [0.1, 0.15) is 6.42 Å². The molecule has 0 aromatic carbocycles. The molecule has 1 aliphatic rings. The molecule has 1 aliphatic heterocycles. The summed E-state index contributed by atoms with van der Waals surface area (Å²) >= 11 is 3.24. The first-order valence-electron chi connectivity index (χ1n) is 5.81. The Morgan fingerprint density at radius 3 is 3.00 bits per heavy atom. The molecule has 0 aromatic heterocycles. The van der Waals surface area contributed by atoms with Gasteiger partial charge in [0.15, 0.2) is 0 Å². The molecule has 1 unspecified atom stereocenters. The van der Waals surface area contributed by atoms with Crippen LogP contribution in [-0.4, -0.2) is 71.2 Å². The monoisotopic (exact) mass is 293 g/mol.